The number of rotatable bonds is 6. The Hall–Kier alpha value is -4.63. The molecule has 4 heterocycles. The molecular formula is C46H59N10NaO4. The molecule has 2 aliphatic heterocycles. The number of nitrogen functional groups attached to an aromatic ring is 1. The predicted octanol–water partition coefficient (Wildman–Crippen LogP) is 5.51. The fraction of sp³-hybridized carbons (Fsp3) is 0.500. The van der Waals surface area contributed by atoms with Crippen LogP contribution in [0, 0.1) is 44.4 Å². The van der Waals surface area contributed by atoms with Gasteiger partial charge in [0.05, 0.1) is 11.1 Å². The van der Waals surface area contributed by atoms with E-state index < -0.39 is 0 Å². The van der Waals surface area contributed by atoms with Gasteiger partial charge in [0, 0.05) is 39.5 Å². The number of nitrogens with zero attached hydrogens (tertiary/aromatic N) is 4. The summed E-state index contributed by atoms with van der Waals surface area (Å²) in [6.07, 6.45) is 13.5. The molecule has 0 radical (unpaired) electrons. The Morgan fingerprint density at radius 3 is 1.54 bits per heavy atom. The maximum absolute atomic E-state index is 13.0. The number of hydrogen-bond donors (Lipinski definition) is 6. The second-order valence-corrected chi connectivity index (χ2v) is 18.8. The van der Waals surface area contributed by atoms with Gasteiger partial charge in [-0.2, -0.15) is 0 Å². The number of fused-ring (bicyclic) bond motifs is 4. The molecule has 14 nitrogen and oxygen atoms in total. The first-order valence-corrected chi connectivity index (χ1v) is 21.2. The van der Waals surface area contributed by atoms with Crippen LogP contribution in [-0.4, -0.2) is 43.1 Å². The quantitative estimate of drug-likeness (QED) is 0.133. The number of carbonyl (C=O) groups is 3. The average molecular weight is 839 g/mol. The summed E-state index contributed by atoms with van der Waals surface area (Å²) in [6, 6.07) is 8.23. The average Bonchev–Trinajstić information content (AvgIpc) is 3.93. The molecule has 9 rings (SSSR count). The van der Waals surface area contributed by atoms with Crippen LogP contribution >= 0.6 is 0 Å². The molecule has 318 valence electrons. The van der Waals surface area contributed by atoms with E-state index in [1.165, 1.54) is 25.5 Å². The first-order valence-electron chi connectivity index (χ1n) is 21.2. The van der Waals surface area contributed by atoms with Gasteiger partial charge in [-0.25, -0.2) is 19.9 Å². The number of aromatic nitrogens is 4. The Balaban J connectivity index is 0.000000200. The number of benzene rings is 2. The predicted molar refractivity (Wildman–Crippen MR) is 233 cm³/mol. The molecule has 3 aliphatic carbocycles. The number of aryl methyl sites for hydroxylation is 2. The largest absolute Gasteiger partial charge is 1.00 e. The summed E-state index contributed by atoms with van der Waals surface area (Å²) in [7, 11) is 0. The number of hydrogen-bond acceptors (Lipinski definition) is 11. The molecule has 8 N–H and O–H groups in total. The van der Waals surface area contributed by atoms with E-state index in [1.807, 2.05) is 39.8 Å². The third-order valence-electron chi connectivity index (χ3n) is 14.1. The van der Waals surface area contributed by atoms with Crippen molar-refractivity contribution in [1.82, 2.24) is 30.6 Å². The molecule has 2 spiro atoms. The zero-order valence-corrected chi connectivity index (χ0v) is 39.2. The van der Waals surface area contributed by atoms with Gasteiger partial charge in [-0.15, -0.1) is 0 Å². The van der Waals surface area contributed by atoms with Crippen molar-refractivity contribution in [2.24, 2.45) is 16.7 Å². The second-order valence-electron chi connectivity index (χ2n) is 18.8. The van der Waals surface area contributed by atoms with Crippen molar-refractivity contribution < 1.29 is 49.4 Å². The molecule has 4 aromatic rings. The third kappa shape index (κ3) is 8.00. The molecule has 3 amide bonds. The van der Waals surface area contributed by atoms with E-state index in [-0.39, 0.29) is 80.6 Å². The Labute approximate surface area is 380 Å². The summed E-state index contributed by atoms with van der Waals surface area (Å²) < 4.78 is 0. The summed E-state index contributed by atoms with van der Waals surface area (Å²) in [5.41, 5.74) is 14.4. The Bertz CT molecular complexity index is 2400. The van der Waals surface area contributed by atoms with Crippen molar-refractivity contribution in [2.75, 3.05) is 21.7 Å². The minimum atomic E-state index is -0.343. The summed E-state index contributed by atoms with van der Waals surface area (Å²) in [5.74, 6) is 2.56. The van der Waals surface area contributed by atoms with Gasteiger partial charge in [-0.3, -0.25) is 14.4 Å². The van der Waals surface area contributed by atoms with E-state index in [9.17, 15) is 14.4 Å². The maximum atomic E-state index is 13.0. The van der Waals surface area contributed by atoms with Crippen LogP contribution in [0.2, 0.25) is 0 Å². The van der Waals surface area contributed by atoms with Crippen LogP contribution in [0.15, 0.2) is 36.9 Å². The number of nitrogens with one attached hydrogen (secondary N) is 5. The van der Waals surface area contributed by atoms with E-state index >= 15 is 0 Å². The van der Waals surface area contributed by atoms with E-state index in [0.29, 0.717) is 23.3 Å². The van der Waals surface area contributed by atoms with Crippen LogP contribution in [-0.2, 0) is 15.9 Å². The fourth-order valence-electron chi connectivity index (χ4n) is 10.3. The minimum Gasteiger partial charge on any atom is -0.870 e. The number of anilines is 6. The molecule has 2 aromatic carbocycles. The van der Waals surface area contributed by atoms with E-state index in [4.69, 9.17) is 5.73 Å². The zero-order valence-electron chi connectivity index (χ0n) is 37.2. The topological polar surface area (TPSA) is 219 Å². The van der Waals surface area contributed by atoms with Gasteiger partial charge in [-0.05, 0) is 124 Å². The SMILES string of the molecule is Cc1cc(Nc2ncnc(N)c2C)cc2c1C(=O)NC21CCCCC1(C)C.Cc1cc(Nc2ncnc(NC(=O)C3CC3)c2C)cc2c1C(=O)NC21CCCCC1(C)C.[Na+].[OH-]. The fourth-order valence-corrected chi connectivity index (χ4v) is 10.3. The van der Waals surface area contributed by atoms with Crippen molar-refractivity contribution in [1.29, 1.82) is 0 Å². The Morgan fingerprint density at radius 1 is 0.656 bits per heavy atom. The van der Waals surface area contributed by atoms with Gasteiger partial charge in [-0.1, -0.05) is 53.4 Å². The van der Waals surface area contributed by atoms with Crippen LogP contribution in [0.5, 0.6) is 0 Å². The van der Waals surface area contributed by atoms with Crippen molar-refractivity contribution in [3.63, 3.8) is 0 Å². The summed E-state index contributed by atoms with van der Waals surface area (Å²) in [5, 5.41) is 16.5. The summed E-state index contributed by atoms with van der Waals surface area (Å²) in [4.78, 5) is 55.1. The molecule has 15 heteroatoms. The van der Waals surface area contributed by atoms with Gasteiger partial charge in [0.2, 0.25) is 5.91 Å². The summed E-state index contributed by atoms with van der Waals surface area (Å²) in [6.45, 7) is 16.9. The van der Waals surface area contributed by atoms with E-state index in [2.05, 4.69) is 86.3 Å². The Morgan fingerprint density at radius 2 is 1.08 bits per heavy atom. The third-order valence-corrected chi connectivity index (χ3v) is 14.1. The smallest absolute Gasteiger partial charge is 0.870 e. The first kappa shape index (κ1) is 45.9. The zero-order chi connectivity index (χ0) is 42.1. The van der Waals surface area contributed by atoms with Crippen LogP contribution < -0.4 is 61.9 Å². The normalized spacial score (nSPS) is 22.6. The van der Waals surface area contributed by atoms with Gasteiger partial charge in [0.1, 0.15) is 35.9 Å². The van der Waals surface area contributed by atoms with Gasteiger partial charge in [0.15, 0.2) is 0 Å². The number of nitrogens with two attached hydrogens (primary N) is 1. The molecular weight excluding hydrogens is 780 g/mol. The van der Waals surface area contributed by atoms with Gasteiger partial charge >= 0.3 is 29.6 Å². The molecule has 0 bridgehead atoms. The molecule has 3 saturated carbocycles. The minimum absolute atomic E-state index is 0. The van der Waals surface area contributed by atoms with Gasteiger partial charge in [0.25, 0.3) is 11.8 Å². The molecule has 61 heavy (non-hydrogen) atoms. The monoisotopic (exact) mass is 838 g/mol. The van der Waals surface area contributed by atoms with Crippen LogP contribution in [0.3, 0.4) is 0 Å². The molecule has 2 unspecified atom stereocenters. The molecule has 5 aliphatic rings. The van der Waals surface area contributed by atoms with E-state index in [1.54, 1.807) is 0 Å². The van der Waals surface area contributed by atoms with Crippen LogP contribution in [0.25, 0.3) is 0 Å². The standard InChI is InChI=1S/C25H31N5O2.C21H27N5O.Na.H2O/c1-14-11-17(28-20-15(2)21(27-13-26-20)29-22(31)16-7-8-16)12-18-19(14)23(32)30-25(18)10-6-5-9-24(25,3)4;1-12-9-14(25-18-13(2)17(22)23-11-24-18)10-15-16(12)19(27)26-21(15)8-6-5-7-20(21,3)4;;/h11-13,16H,5-10H2,1-4H3,(H,30,32)(H2,26,27,28,29,31);9-11H,5-8H2,1-4H3,(H,26,27)(H3,22,23,24,25);;1H2/q;;+1;/p-1. The Kier molecular flexibility index (Phi) is 12.7. The number of amides is 3. The van der Waals surface area contributed by atoms with Crippen molar-refractivity contribution in [3.8, 4) is 0 Å². The van der Waals surface area contributed by atoms with Crippen molar-refractivity contribution >= 4 is 52.4 Å². The van der Waals surface area contributed by atoms with Gasteiger partial charge < -0.3 is 37.8 Å². The van der Waals surface area contributed by atoms with E-state index in [0.717, 1.165) is 107 Å². The first-order chi connectivity index (χ1) is 28.0. The summed E-state index contributed by atoms with van der Waals surface area (Å²) >= 11 is 0. The van der Waals surface area contributed by atoms with Crippen LogP contribution in [0.1, 0.15) is 146 Å². The molecule has 0 saturated heterocycles. The molecule has 2 aromatic heterocycles. The second kappa shape index (κ2) is 16.9. The van der Waals surface area contributed by atoms with Crippen molar-refractivity contribution in [3.05, 3.63) is 81.4 Å². The van der Waals surface area contributed by atoms with Crippen LogP contribution in [0.4, 0.5) is 34.6 Å². The molecule has 3 fully saturated rings. The molecule has 2 atom stereocenters. The van der Waals surface area contributed by atoms with Crippen molar-refractivity contribution in [2.45, 2.75) is 131 Å². The maximum Gasteiger partial charge on any atom is 1.00 e. The number of carbonyl (C=O) groups excluding carboxylic acids is 3.